The van der Waals surface area contributed by atoms with Gasteiger partial charge >= 0.3 is 0 Å². The predicted molar refractivity (Wildman–Crippen MR) is 103 cm³/mol. The van der Waals surface area contributed by atoms with Crippen molar-refractivity contribution in [2.75, 3.05) is 19.7 Å². The molecule has 1 atom stereocenters. The summed E-state index contributed by atoms with van der Waals surface area (Å²) in [4.78, 5) is 4.90. The minimum Gasteiger partial charge on any atom is -0.469 e. The number of guanidine groups is 1. The van der Waals surface area contributed by atoms with Crippen molar-refractivity contribution in [1.82, 2.24) is 10.6 Å². The van der Waals surface area contributed by atoms with Gasteiger partial charge < -0.3 is 20.2 Å². The molecule has 0 radical (unpaired) electrons. The van der Waals surface area contributed by atoms with Gasteiger partial charge in [-0.3, -0.25) is 4.99 Å². The van der Waals surface area contributed by atoms with E-state index in [1.807, 2.05) is 12.1 Å². The quantitative estimate of drug-likeness (QED) is 0.471. The Bertz CT molecular complexity index is 488. The lowest BCUT2D eigenvalue weighted by Gasteiger charge is -2.36. The molecule has 0 saturated heterocycles. The maximum Gasteiger partial charge on any atom is 0.191 e. The lowest BCUT2D eigenvalue weighted by molar-refractivity contribution is 0.137. The minimum atomic E-state index is 0.179. The number of hydrogen-bond donors (Lipinski definition) is 3. The highest BCUT2D eigenvalue weighted by Gasteiger charge is 2.31. The number of nitrogens with zero attached hydrogens (tertiary/aromatic N) is 1. The average Bonchev–Trinajstić information content (AvgIpc) is 3.14. The first-order chi connectivity index (χ1) is 12.2. The van der Waals surface area contributed by atoms with Gasteiger partial charge in [0.25, 0.3) is 0 Å². The summed E-state index contributed by atoms with van der Waals surface area (Å²) in [7, 11) is 0. The number of nitrogens with one attached hydrogen (secondary N) is 2. The molecule has 1 aliphatic carbocycles. The highest BCUT2D eigenvalue weighted by molar-refractivity contribution is 5.80. The SMILES string of the molecule is CCC(C)NC(=NCC1(CCO)CCCCC1)NCCc1ccco1. The molecule has 5 nitrogen and oxygen atoms in total. The van der Waals surface area contributed by atoms with Crippen LogP contribution in [0.4, 0.5) is 0 Å². The van der Waals surface area contributed by atoms with Crippen molar-refractivity contribution in [2.24, 2.45) is 10.4 Å². The fourth-order valence-electron chi connectivity index (χ4n) is 3.52. The average molecular weight is 350 g/mol. The largest absolute Gasteiger partial charge is 0.469 e. The van der Waals surface area contributed by atoms with Crippen LogP contribution in [0.3, 0.4) is 0 Å². The second-order valence-corrected chi connectivity index (χ2v) is 7.41. The topological polar surface area (TPSA) is 69.8 Å². The molecule has 1 aromatic heterocycles. The van der Waals surface area contributed by atoms with Crippen LogP contribution >= 0.6 is 0 Å². The van der Waals surface area contributed by atoms with E-state index in [-0.39, 0.29) is 12.0 Å². The van der Waals surface area contributed by atoms with Crippen molar-refractivity contribution >= 4 is 5.96 Å². The molecular formula is C20H35N3O2. The van der Waals surface area contributed by atoms with Crippen LogP contribution in [0.2, 0.25) is 0 Å². The molecule has 142 valence electrons. The highest BCUT2D eigenvalue weighted by atomic mass is 16.3. The minimum absolute atomic E-state index is 0.179. The van der Waals surface area contributed by atoms with Crippen LogP contribution in [-0.2, 0) is 6.42 Å². The van der Waals surface area contributed by atoms with Crippen LogP contribution in [0, 0.1) is 5.41 Å². The number of aliphatic hydroxyl groups excluding tert-OH is 1. The molecule has 0 amide bonds. The molecule has 0 spiro atoms. The van der Waals surface area contributed by atoms with Crippen LogP contribution in [0.15, 0.2) is 27.8 Å². The zero-order valence-electron chi connectivity index (χ0n) is 15.9. The molecular weight excluding hydrogens is 314 g/mol. The first-order valence-corrected chi connectivity index (χ1v) is 9.85. The number of rotatable bonds is 9. The lowest BCUT2D eigenvalue weighted by Crippen LogP contribution is -2.43. The summed E-state index contributed by atoms with van der Waals surface area (Å²) in [6.07, 6.45) is 10.7. The van der Waals surface area contributed by atoms with E-state index in [0.717, 1.165) is 44.1 Å². The van der Waals surface area contributed by atoms with Gasteiger partial charge in [-0.05, 0) is 50.2 Å². The predicted octanol–water partition coefficient (Wildman–Crippen LogP) is 3.49. The Hall–Kier alpha value is -1.49. The van der Waals surface area contributed by atoms with Gasteiger partial charge in [0.05, 0.1) is 6.26 Å². The fraction of sp³-hybridized carbons (Fsp3) is 0.750. The normalized spacial score (nSPS) is 18.8. The van der Waals surface area contributed by atoms with Gasteiger partial charge in [-0.2, -0.15) is 0 Å². The smallest absolute Gasteiger partial charge is 0.191 e. The molecule has 1 unspecified atom stereocenters. The molecule has 1 heterocycles. The Kier molecular flexibility index (Phi) is 8.32. The van der Waals surface area contributed by atoms with E-state index < -0.39 is 0 Å². The van der Waals surface area contributed by atoms with Crippen molar-refractivity contribution in [2.45, 2.75) is 71.3 Å². The van der Waals surface area contributed by atoms with Gasteiger partial charge in [0, 0.05) is 32.2 Å². The molecule has 1 saturated carbocycles. The summed E-state index contributed by atoms with van der Waals surface area (Å²) >= 11 is 0. The Morgan fingerprint density at radius 2 is 2.16 bits per heavy atom. The molecule has 3 N–H and O–H groups in total. The molecule has 25 heavy (non-hydrogen) atoms. The molecule has 5 heteroatoms. The number of aliphatic imine (C=N–C) groups is 1. The standard InChI is InChI=1S/C20H35N3O2/c1-3-17(2)23-19(21-13-9-18-8-7-15-25-18)22-16-20(12-14-24)10-5-4-6-11-20/h7-8,15,17,24H,3-6,9-14,16H2,1-2H3,(H2,21,22,23). The van der Waals surface area contributed by atoms with Gasteiger partial charge in [0.1, 0.15) is 5.76 Å². The Labute approximate surface area is 152 Å². The van der Waals surface area contributed by atoms with E-state index in [4.69, 9.17) is 9.41 Å². The molecule has 1 aliphatic rings. The fourth-order valence-corrected chi connectivity index (χ4v) is 3.52. The molecule has 0 aromatic carbocycles. The zero-order chi connectivity index (χ0) is 18.0. The first-order valence-electron chi connectivity index (χ1n) is 9.85. The van der Waals surface area contributed by atoms with Gasteiger partial charge in [-0.1, -0.05) is 26.2 Å². The summed E-state index contributed by atoms with van der Waals surface area (Å²) < 4.78 is 5.39. The van der Waals surface area contributed by atoms with Gasteiger partial charge in [0.2, 0.25) is 0 Å². The summed E-state index contributed by atoms with van der Waals surface area (Å²) in [5.41, 5.74) is 0.179. The van der Waals surface area contributed by atoms with E-state index >= 15 is 0 Å². The van der Waals surface area contributed by atoms with Crippen LogP contribution in [0.25, 0.3) is 0 Å². The van der Waals surface area contributed by atoms with E-state index in [2.05, 4.69) is 24.5 Å². The molecule has 0 aliphatic heterocycles. The summed E-state index contributed by atoms with van der Waals surface area (Å²) in [6, 6.07) is 4.30. The van der Waals surface area contributed by atoms with Gasteiger partial charge in [-0.25, -0.2) is 0 Å². The third kappa shape index (κ3) is 6.73. The van der Waals surface area contributed by atoms with Crippen molar-refractivity contribution in [3.63, 3.8) is 0 Å². The number of aliphatic hydroxyl groups is 1. The Morgan fingerprint density at radius 3 is 2.80 bits per heavy atom. The second-order valence-electron chi connectivity index (χ2n) is 7.41. The monoisotopic (exact) mass is 349 g/mol. The number of furan rings is 1. The highest BCUT2D eigenvalue weighted by Crippen LogP contribution is 2.39. The Morgan fingerprint density at radius 1 is 1.36 bits per heavy atom. The molecule has 1 fully saturated rings. The van der Waals surface area contributed by atoms with Crippen molar-refractivity contribution in [3.05, 3.63) is 24.2 Å². The van der Waals surface area contributed by atoms with Crippen LogP contribution in [-0.4, -0.2) is 36.8 Å². The van der Waals surface area contributed by atoms with E-state index in [1.165, 1.54) is 32.1 Å². The Balaban J connectivity index is 1.95. The maximum atomic E-state index is 9.49. The van der Waals surface area contributed by atoms with Crippen LogP contribution in [0.1, 0.15) is 64.6 Å². The molecule has 2 rings (SSSR count). The van der Waals surface area contributed by atoms with Gasteiger partial charge in [0.15, 0.2) is 5.96 Å². The van der Waals surface area contributed by atoms with Crippen molar-refractivity contribution in [1.29, 1.82) is 0 Å². The third-order valence-corrected chi connectivity index (χ3v) is 5.37. The second kappa shape index (κ2) is 10.5. The summed E-state index contributed by atoms with van der Waals surface area (Å²) in [6.45, 7) is 6.19. The molecule has 0 bridgehead atoms. The van der Waals surface area contributed by atoms with Crippen LogP contribution < -0.4 is 10.6 Å². The van der Waals surface area contributed by atoms with E-state index in [0.29, 0.717) is 6.04 Å². The zero-order valence-corrected chi connectivity index (χ0v) is 15.9. The summed E-state index contributed by atoms with van der Waals surface area (Å²) in [5, 5.41) is 16.4. The third-order valence-electron chi connectivity index (χ3n) is 5.37. The molecule has 1 aromatic rings. The van der Waals surface area contributed by atoms with E-state index in [1.54, 1.807) is 6.26 Å². The van der Waals surface area contributed by atoms with Crippen molar-refractivity contribution < 1.29 is 9.52 Å². The lowest BCUT2D eigenvalue weighted by atomic mass is 9.72. The van der Waals surface area contributed by atoms with Crippen LogP contribution in [0.5, 0.6) is 0 Å². The number of hydrogen-bond acceptors (Lipinski definition) is 3. The first kappa shape index (κ1) is 19.8. The van der Waals surface area contributed by atoms with Gasteiger partial charge in [-0.15, -0.1) is 0 Å². The maximum absolute atomic E-state index is 9.49. The van der Waals surface area contributed by atoms with E-state index in [9.17, 15) is 5.11 Å². The van der Waals surface area contributed by atoms with Crippen molar-refractivity contribution in [3.8, 4) is 0 Å². The summed E-state index contributed by atoms with van der Waals surface area (Å²) in [5.74, 6) is 1.86.